The average molecular weight is 435 g/mol. The van der Waals surface area contributed by atoms with E-state index in [1.807, 2.05) is 32.9 Å². The van der Waals surface area contributed by atoms with E-state index in [1.54, 1.807) is 24.3 Å². The van der Waals surface area contributed by atoms with E-state index in [1.165, 1.54) is 29.2 Å². The number of carbonyl (C=O) groups excluding carboxylic acids is 2. The zero-order chi connectivity index (χ0) is 22.3. The number of imide groups is 1. The highest BCUT2D eigenvalue weighted by Crippen LogP contribution is 2.36. The summed E-state index contributed by atoms with van der Waals surface area (Å²) < 4.78 is 13.5. The molecule has 3 aromatic carbocycles. The van der Waals surface area contributed by atoms with Gasteiger partial charge in [0.2, 0.25) is 0 Å². The highest BCUT2D eigenvalue weighted by Gasteiger charge is 2.41. The zero-order valence-electron chi connectivity index (χ0n) is 17.3. The Labute approximate surface area is 185 Å². The van der Waals surface area contributed by atoms with E-state index in [2.05, 4.69) is 5.32 Å². The predicted octanol–water partition coefficient (Wildman–Crippen LogP) is 5.80. The molecule has 0 radical (unpaired) electrons. The van der Waals surface area contributed by atoms with E-state index in [-0.39, 0.29) is 11.3 Å². The molecule has 0 saturated carbocycles. The molecule has 2 amide bonds. The minimum atomic E-state index is -0.465. The maximum absolute atomic E-state index is 13.5. The summed E-state index contributed by atoms with van der Waals surface area (Å²) in [6, 6.07) is 16.3. The number of halogens is 2. The monoisotopic (exact) mass is 434 g/mol. The highest BCUT2D eigenvalue weighted by molar-refractivity contribution is 6.46. The quantitative estimate of drug-likeness (QED) is 0.528. The summed E-state index contributed by atoms with van der Waals surface area (Å²) in [6.45, 7) is 5.65. The maximum Gasteiger partial charge on any atom is 0.282 e. The second-order valence-corrected chi connectivity index (χ2v) is 7.94. The van der Waals surface area contributed by atoms with Gasteiger partial charge in [-0.15, -0.1) is 0 Å². The predicted molar refractivity (Wildman–Crippen MR) is 122 cm³/mol. The Morgan fingerprint density at radius 3 is 2.26 bits per heavy atom. The van der Waals surface area contributed by atoms with Gasteiger partial charge in [0, 0.05) is 10.7 Å². The van der Waals surface area contributed by atoms with Gasteiger partial charge in [-0.3, -0.25) is 9.59 Å². The Hall–Kier alpha value is -3.44. The molecule has 31 heavy (non-hydrogen) atoms. The molecule has 0 aromatic heterocycles. The smallest absolute Gasteiger partial charge is 0.282 e. The van der Waals surface area contributed by atoms with Crippen molar-refractivity contribution in [2.24, 2.45) is 0 Å². The summed E-state index contributed by atoms with van der Waals surface area (Å²) in [5.74, 6) is -1.35. The molecule has 4 rings (SSSR count). The minimum Gasteiger partial charge on any atom is -0.350 e. The summed E-state index contributed by atoms with van der Waals surface area (Å²) in [5.41, 5.74) is 4.61. The molecule has 1 aliphatic heterocycles. The first-order valence-corrected chi connectivity index (χ1v) is 10.1. The van der Waals surface area contributed by atoms with Crippen molar-refractivity contribution < 1.29 is 14.0 Å². The van der Waals surface area contributed by atoms with Crippen LogP contribution in [0.4, 0.5) is 15.8 Å². The molecule has 0 spiro atoms. The first-order valence-electron chi connectivity index (χ1n) is 9.76. The summed E-state index contributed by atoms with van der Waals surface area (Å²) in [4.78, 5) is 28.2. The SMILES string of the molecule is Cc1cc(Cl)ccc1NC1=C(c2ccc(F)cc2)C(=O)N(c2cccc(C)c2C)C1=O. The van der Waals surface area contributed by atoms with Crippen molar-refractivity contribution in [1.29, 1.82) is 0 Å². The van der Waals surface area contributed by atoms with Crippen molar-refractivity contribution >= 4 is 40.4 Å². The van der Waals surface area contributed by atoms with Gasteiger partial charge >= 0.3 is 0 Å². The number of hydrogen-bond donors (Lipinski definition) is 1. The van der Waals surface area contributed by atoms with Gasteiger partial charge < -0.3 is 5.32 Å². The number of carbonyl (C=O) groups is 2. The van der Waals surface area contributed by atoms with Crippen molar-refractivity contribution in [3.8, 4) is 0 Å². The van der Waals surface area contributed by atoms with Crippen molar-refractivity contribution in [1.82, 2.24) is 0 Å². The zero-order valence-corrected chi connectivity index (χ0v) is 18.0. The summed E-state index contributed by atoms with van der Waals surface area (Å²) >= 11 is 6.06. The normalized spacial score (nSPS) is 13.9. The molecule has 1 heterocycles. The van der Waals surface area contributed by atoms with Crippen molar-refractivity contribution in [2.75, 3.05) is 10.2 Å². The first kappa shape index (κ1) is 20.8. The topological polar surface area (TPSA) is 49.4 Å². The van der Waals surface area contributed by atoms with Crippen LogP contribution in [-0.2, 0) is 9.59 Å². The lowest BCUT2D eigenvalue weighted by molar-refractivity contribution is -0.120. The molecule has 1 aliphatic rings. The van der Waals surface area contributed by atoms with Gasteiger partial charge in [0.25, 0.3) is 11.8 Å². The number of amides is 2. The maximum atomic E-state index is 13.5. The van der Waals surface area contributed by atoms with Gasteiger partial charge in [-0.05, 0) is 79.4 Å². The number of nitrogens with zero attached hydrogens (tertiary/aromatic N) is 1. The lowest BCUT2D eigenvalue weighted by atomic mass is 10.0. The Morgan fingerprint density at radius 2 is 1.58 bits per heavy atom. The third-order valence-electron chi connectivity index (χ3n) is 5.48. The summed E-state index contributed by atoms with van der Waals surface area (Å²) in [5, 5.41) is 3.70. The molecule has 6 heteroatoms. The highest BCUT2D eigenvalue weighted by atomic mass is 35.5. The number of anilines is 2. The average Bonchev–Trinajstić information content (AvgIpc) is 2.97. The van der Waals surface area contributed by atoms with Crippen LogP contribution in [0, 0.1) is 26.6 Å². The van der Waals surface area contributed by atoms with Crippen LogP contribution >= 0.6 is 11.6 Å². The fourth-order valence-electron chi connectivity index (χ4n) is 3.63. The molecule has 0 unspecified atom stereocenters. The van der Waals surface area contributed by atoms with E-state index in [4.69, 9.17) is 11.6 Å². The van der Waals surface area contributed by atoms with Gasteiger partial charge in [0.05, 0.1) is 11.3 Å². The molecule has 0 atom stereocenters. The van der Waals surface area contributed by atoms with Crippen LogP contribution in [0.5, 0.6) is 0 Å². The van der Waals surface area contributed by atoms with Crippen LogP contribution < -0.4 is 10.2 Å². The second kappa shape index (κ2) is 8.00. The third kappa shape index (κ3) is 3.73. The molecule has 3 aromatic rings. The summed E-state index contributed by atoms with van der Waals surface area (Å²) in [7, 11) is 0. The summed E-state index contributed by atoms with van der Waals surface area (Å²) in [6.07, 6.45) is 0. The fourth-order valence-corrected chi connectivity index (χ4v) is 3.86. The van der Waals surface area contributed by atoms with E-state index in [9.17, 15) is 14.0 Å². The van der Waals surface area contributed by atoms with E-state index >= 15 is 0 Å². The molecule has 0 fully saturated rings. The molecule has 4 nitrogen and oxygen atoms in total. The van der Waals surface area contributed by atoms with E-state index in [0.29, 0.717) is 22.0 Å². The lowest BCUT2D eigenvalue weighted by Crippen LogP contribution is -2.33. The molecular formula is C25H20ClFN2O2. The van der Waals surface area contributed by atoms with Gasteiger partial charge in [0.15, 0.2) is 0 Å². The molecule has 1 N–H and O–H groups in total. The largest absolute Gasteiger partial charge is 0.350 e. The van der Waals surface area contributed by atoms with Crippen molar-refractivity contribution in [3.05, 3.63) is 99.5 Å². The number of rotatable bonds is 4. The van der Waals surface area contributed by atoms with Crippen LogP contribution in [0.2, 0.25) is 5.02 Å². The van der Waals surface area contributed by atoms with E-state index in [0.717, 1.165) is 16.7 Å². The van der Waals surface area contributed by atoms with Gasteiger partial charge in [-0.1, -0.05) is 35.9 Å². The van der Waals surface area contributed by atoms with E-state index < -0.39 is 17.6 Å². The first-order chi connectivity index (χ1) is 14.8. The Balaban J connectivity index is 1.87. The van der Waals surface area contributed by atoms with Crippen LogP contribution in [0.3, 0.4) is 0 Å². The van der Waals surface area contributed by atoms with Crippen LogP contribution in [-0.4, -0.2) is 11.8 Å². The second-order valence-electron chi connectivity index (χ2n) is 7.51. The van der Waals surface area contributed by atoms with Gasteiger partial charge in [0.1, 0.15) is 11.5 Å². The number of benzene rings is 3. The molecule has 0 saturated heterocycles. The Morgan fingerprint density at radius 1 is 0.871 bits per heavy atom. The minimum absolute atomic E-state index is 0.142. The van der Waals surface area contributed by atoms with Crippen LogP contribution in [0.15, 0.2) is 66.4 Å². The number of aryl methyl sites for hydroxylation is 2. The molecular weight excluding hydrogens is 415 g/mol. The van der Waals surface area contributed by atoms with Gasteiger partial charge in [-0.2, -0.15) is 0 Å². The molecule has 0 aliphatic carbocycles. The van der Waals surface area contributed by atoms with Crippen molar-refractivity contribution in [2.45, 2.75) is 20.8 Å². The van der Waals surface area contributed by atoms with Gasteiger partial charge in [-0.25, -0.2) is 9.29 Å². The Bertz CT molecular complexity index is 1250. The fraction of sp³-hybridized carbons (Fsp3) is 0.120. The lowest BCUT2D eigenvalue weighted by Gasteiger charge is -2.19. The van der Waals surface area contributed by atoms with Crippen molar-refractivity contribution in [3.63, 3.8) is 0 Å². The van der Waals surface area contributed by atoms with Crippen LogP contribution in [0.25, 0.3) is 5.57 Å². The van der Waals surface area contributed by atoms with Crippen LogP contribution in [0.1, 0.15) is 22.3 Å². The molecule has 156 valence electrons. The number of hydrogen-bond acceptors (Lipinski definition) is 3. The standard InChI is InChI=1S/C25H20ClFN2O2/c1-14-5-4-6-21(16(14)3)29-24(30)22(17-7-10-19(27)11-8-17)23(25(29)31)28-20-12-9-18(26)13-15(20)2/h4-13,28H,1-3H3. The Kier molecular flexibility index (Phi) is 5.38. The third-order valence-corrected chi connectivity index (χ3v) is 5.72. The molecule has 0 bridgehead atoms. The number of nitrogens with one attached hydrogen (secondary N) is 1.